The minimum Gasteiger partial charge on any atom is -0.493 e. The summed E-state index contributed by atoms with van der Waals surface area (Å²) < 4.78 is 10.9. The van der Waals surface area contributed by atoms with Gasteiger partial charge in [-0.2, -0.15) is 0 Å². The first-order valence-corrected chi connectivity index (χ1v) is 7.94. The molecule has 22 heavy (non-hydrogen) atoms. The summed E-state index contributed by atoms with van der Waals surface area (Å²) in [4.78, 5) is 19.0. The van der Waals surface area contributed by atoms with Gasteiger partial charge < -0.3 is 14.4 Å². The second kappa shape index (κ2) is 7.29. The van der Waals surface area contributed by atoms with Gasteiger partial charge in [-0.15, -0.1) is 0 Å². The fraction of sp³-hybridized carbons (Fsp3) is 0.529. The Morgan fingerprint density at radius 2 is 2.09 bits per heavy atom. The number of fused-ring (bicyclic) bond motifs is 2. The Morgan fingerprint density at radius 1 is 1.32 bits per heavy atom. The molecule has 3 rings (SSSR count). The zero-order valence-electron chi connectivity index (χ0n) is 13.8. The molecule has 0 N–H and O–H groups in total. The van der Waals surface area contributed by atoms with Crippen molar-refractivity contribution in [1.82, 2.24) is 4.90 Å². The van der Waals surface area contributed by atoms with Crippen LogP contribution in [-0.2, 0) is 0 Å². The quantitative estimate of drug-likeness (QED) is 0.859. The number of amides is 1. The number of nitrogens with zero attached hydrogens (tertiary/aromatic N) is 2. The lowest BCUT2D eigenvalue weighted by molar-refractivity contribution is 0.0774. The predicted octanol–water partition coefficient (Wildman–Crippen LogP) is 3.44. The van der Waals surface area contributed by atoms with E-state index < -0.39 is 0 Å². The molecule has 1 fully saturated rings. The zero-order chi connectivity index (χ0) is 16.1. The molecule has 5 heteroatoms. The molecule has 0 aliphatic carbocycles. The number of ether oxygens (including phenoxy) is 2. The maximum Gasteiger partial charge on any atom is 0.256 e. The Morgan fingerprint density at radius 3 is 2.77 bits per heavy atom. The van der Waals surface area contributed by atoms with Gasteiger partial charge in [-0.05, 0) is 25.8 Å². The van der Waals surface area contributed by atoms with Crippen LogP contribution in [0.2, 0.25) is 0 Å². The highest BCUT2D eigenvalue weighted by Crippen LogP contribution is 2.37. The lowest BCUT2D eigenvalue weighted by Crippen LogP contribution is -2.35. The largest absolute Gasteiger partial charge is 0.493 e. The van der Waals surface area contributed by atoms with E-state index in [2.05, 4.69) is 4.99 Å². The highest BCUT2D eigenvalue weighted by atomic mass is 16.5. The van der Waals surface area contributed by atoms with Gasteiger partial charge in [-0.3, -0.25) is 9.79 Å². The molecular weight excluding hydrogens is 280 g/mol. The number of carbonyl (C=O) groups is 1. The van der Waals surface area contributed by atoms with E-state index in [1.165, 1.54) is 0 Å². The van der Waals surface area contributed by atoms with E-state index in [0.717, 1.165) is 19.4 Å². The van der Waals surface area contributed by atoms with Crippen molar-refractivity contribution in [2.24, 2.45) is 4.99 Å². The van der Waals surface area contributed by atoms with Gasteiger partial charge in [-0.1, -0.05) is 13.8 Å². The van der Waals surface area contributed by atoms with Gasteiger partial charge in [0.2, 0.25) is 0 Å². The minimum atomic E-state index is 0.0290. The second-order valence-electron chi connectivity index (χ2n) is 4.94. The topological polar surface area (TPSA) is 51.1 Å². The van der Waals surface area contributed by atoms with Crippen LogP contribution in [0.5, 0.6) is 11.5 Å². The number of methoxy groups -OCH3 is 1. The van der Waals surface area contributed by atoms with Gasteiger partial charge in [0.15, 0.2) is 11.5 Å². The molecule has 1 aromatic carbocycles. The molecule has 0 aromatic heterocycles. The molecule has 1 atom stereocenters. The normalized spacial score (nSPS) is 18.8. The fourth-order valence-electron chi connectivity index (χ4n) is 2.78. The average Bonchev–Trinajstić information content (AvgIpc) is 2.98. The van der Waals surface area contributed by atoms with Gasteiger partial charge in [0.1, 0.15) is 0 Å². The SMILES string of the molecule is CC.CCOc1cc2c(cc1OC)C(=O)N1CCCC1C=N2. The maximum absolute atomic E-state index is 12.6. The van der Waals surface area contributed by atoms with Crippen molar-refractivity contribution in [1.29, 1.82) is 0 Å². The van der Waals surface area contributed by atoms with E-state index in [1.807, 2.05) is 31.9 Å². The van der Waals surface area contributed by atoms with Crippen molar-refractivity contribution in [3.63, 3.8) is 0 Å². The van der Waals surface area contributed by atoms with Gasteiger partial charge in [0.25, 0.3) is 5.91 Å². The second-order valence-corrected chi connectivity index (χ2v) is 4.94. The van der Waals surface area contributed by atoms with Crippen molar-refractivity contribution >= 4 is 17.8 Å². The lowest BCUT2D eigenvalue weighted by Gasteiger charge is -2.20. The van der Waals surface area contributed by atoms with Gasteiger partial charge in [0, 0.05) is 18.8 Å². The minimum absolute atomic E-state index is 0.0290. The van der Waals surface area contributed by atoms with E-state index in [-0.39, 0.29) is 11.9 Å². The first-order chi connectivity index (χ1) is 10.7. The average molecular weight is 304 g/mol. The maximum atomic E-state index is 12.6. The monoisotopic (exact) mass is 304 g/mol. The highest BCUT2D eigenvalue weighted by Gasteiger charge is 2.32. The summed E-state index contributed by atoms with van der Waals surface area (Å²) in [7, 11) is 1.58. The van der Waals surface area contributed by atoms with Crippen molar-refractivity contribution in [3.05, 3.63) is 17.7 Å². The Labute approximate surface area is 131 Å². The van der Waals surface area contributed by atoms with Crippen LogP contribution in [0.4, 0.5) is 5.69 Å². The van der Waals surface area contributed by atoms with Crippen molar-refractivity contribution in [3.8, 4) is 11.5 Å². The summed E-state index contributed by atoms with van der Waals surface area (Å²) in [6.45, 7) is 7.25. The number of aliphatic imine (C=N–C) groups is 1. The molecule has 2 aliphatic heterocycles. The molecule has 0 radical (unpaired) electrons. The van der Waals surface area contributed by atoms with E-state index in [9.17, 15) is 4.79 Å². The molecule has 1 aromatic rings. The third-order valence-corrected chi connectivity index (χ3v) is 3.76. The Bertz CT molecular complexity index is 569. The van der Waals surface area contributed by atoms with Crippen LogP contribution in [0.15, 0.2) is 17.1 Å². The lowest BCUT2D eigenvalue weighted by atomic mass is 10.1. The first kappa shape index (κ1) is 16.3. The molecule has 0 spiro atoms. The number of hydrogen-bond acceptors (Lipinski definition) is 4. The number of carbonyl (C=O) groups excluding carboxylic acids is 1. The van der Waals surface area contributed by atoms with E-state index in [4.69, 9.17) is 9.47 Å². The summed E-state index contributed by atoms with van der Waals surface area (Å²) in [6, 6.07) is 3.64. The van der Waals surface area contributed by atoms with Gasteiger partial charge in [-0.25, -0.2) is 0 Å². The Hall–Kier alpha value is -2.04. The number of rotatable bonds is 3. The van der Waals surface area contributed by atoms with E-state index >= 15 is 0 Å². The summed E-state index contributed by atoms with van der Waals surface area (Å²) >= 11 is 0. The van der Waals surface area contributed by atoms with Crippen LogP contribution in [0.1, 0.15) is 44.0 Å². The Kier molecular flexibility index (Phi) is 5.41. The van der Waals surface area contributed by atoms with Gasteiger partial charge >= 0.3 is 0 Å². The van der Waals surface area contributed by atoms with E-state index in [1.54, 1.807) is 19.2 Å². The third kappa shape index (κ3) is 2.93. The smallest absolute Gasteiger partial charge is 0.256 e. The van der Waals surface area contributed by atoms with Crippen LogP contribution in [0, 0.1) is 0 Å². The summed E-state index contributed by atoms with van der Waals surface area (Å²) in [5.74, 6) is 1.23. The molecule has 1 saturated heterocycles. The molecule has 1 unspecified atom stereocenters. The molecular formula is C17H24N2O3. The molecule has 2 heterocycles. The number of hydrogen-bond donors (Lipinski definition) is 0. The highest BCUT2D eigenvalue weighted by molar-refractivity contribution is 6.03. The van der Waals surface area contributed by atoms with Crippen LogP contribution in [0.25, 0.3) is 0 Å². The number of benzene rings is 1. The summed E-state index contributed by atoms with van der Waals surface area (Å²) in [5, 5.41) is 0. The van der Waals surface area contributed by atoms with Crippen LogP contribution in [0.3, 0.4) is 0 Å². The predicted molar refractivity (Wildman–Crippen MR) is 87.7 cm³/mol. The zero-order valence-corrected chi connectivity index (χ0v) is 13.8. The summed E-state index contributed by atoms with van der Waals surface area (Å²) in [6.07, 6.45) is 3.89. The van der Waals surface area contributed by atoms with Crippen molar-refractivity contribution in [2.45, 2.75) is 39.7 Å². The molecule has 0 saturated carbocycles. The summed E-state index contributed by atoms with van der Waals surface area (Å²) in [5.41, 5.74) is 1.25. The molecule has 2 aliphatic rings. The fourth-order valence-corrected chi connectivity index (χ4v) is 2.78. The third-order valence-electron chi connectivity index (χ3n) is 3.76. The molecule has 0 bridgehead atoms. The standard InChI is InChI=1S/C15H18N2O3.C2H6/c1-3-20-14-8-12-11(7-13(14)19-2)15(18)17-6-4-5-10(17)9-16-12;1-2/h7-10H,3-6H2,1-2H3;1-2H3. The van der Waals surface area contributed by atoms with Crippen molar-refractivity contribution in [2.75, 3.05) is 20.3 Å². The Balaban J connectivity index is 0.000000847. The van der Waals surface area contributed by atoms with Crippen molar-refractivity contribution < 1.29 is 14.3 Å². The van der Waals surface area contributed by atoms with Crippen LogP contribution in [-0.4, -0.2) is 43.3 Å². The van der Waals surface area contributed by atoms with Crippen LogP contribution < -0.4 is 9.47 Å². The molecule has 120 valence electrons. The van der Waals surface area contributed by atoms with Crippen LogP contribution >= 0.6 is 0 Å². The van der Waals surface area contributed by atoms with E-state index in [0.29, 0.717) is 29.4 Å². The molecule has 1 amide bonds. The molecule has 5 nitrogen and oxygen atoms in total. The first-order valence-electron chi connectivity index (χ1n) is 7.94. The van der Waals surface area contributed by atoms with Gasteiger partial charge in [0.05, 0.1) is 31.0 Å².